The highest BCUT2D eigenvalue weighted by Crippen LogP contribution is 2.42. The molecule has 1 saturated heterocycles. The quantitative estimate of drug-likeness (QED) is 0.519. The maximum absolute atomic E-state index is 13.7. The van der Waals surface area contributed by atoms with E-state index in [1.807, 2.05) is 0 Å². The smallest absolute Gasteiger partial charge is 0.417 e. The van der Waals surface area contributed by atoms with Gasteiger partial charge in [-0.25, -0.2) is 0 Å². The minimum atomic E-state index is -4.86. The van der Waals surface area contributed by atoms with E-state index in [9.17, 15) is 26.3 Å². The van der Waals surface area contributed by atoms with E-state index in [0.29, 0.717) is 18.4 Å². The second-order valence-corrected chi connectivity index (χ2v) is 7.63. The van der Waals surface area contributed by atoms with Gasteiger partial charge in [0.05, 0.1) is 23.8 Å². The van der Waals surface area contributed by atoms with Gasteiger partial charge >= 0.3 is 12.4 Å². The van der Waals surface area contributed by atoms with Crippen LogP contribution in [0, 0.1) is 11.3 Å². The molecule has 0 radical (unpaired) electrons. The Morgan fingerprint density at radius 3 is 2.36 bits per heavy atom. The number of halogens is 6. The topological polar surface area (TPSA) is 77.3 Å². The Morgan fingerprint density at radius 2 is 1.79 bits per heavy atom. The van der Waals surface area contributed by atoms with Crippen LogP contribution in [0.25, 0.3) is 0 Å². The van der Waals surface area contributed by atoms with Crippen LogP contribution in [0.1, 0.15) is 29.0 Å². The van der Waals surface area contributed by atoms with E-state index in [4.69, 9.17) is 15.1 Å². The molecule has 2 aromatic carbocycles. The Kier molecular flexibility index (Phi) is 7.39. The molecule has 33 heavy (non-hydrogen) atoms. The number of nitrogens with zero attached hydrogens (tertiary/aromatic N) is 1. The molecule has 1 unspecified atom stereocenters. The first-order valence-corrected chi connectivity index (χ1v) is 10.0. The van der Waals surface area contributed by atoms with Gasteiger partial charge in [0.1, 0.15) is 18.4 Å². The van der Waals surface area contributed by atoms with Gasteiger partial charge in [-0.05, 0) is 48.4 Å². The van der Waals surface area contributed by atoms with Gasteiger partial charge < -0.3 is 15.2 Å². The fourth-order valence-corrected chi connectivity index (χ4v) is 3.84. The molecule has 3 atom stereocenters. The molecule has 5 nitrogen and oxygen atoms in total. The van der Waals surface area contributed by atoms with E-state index in [2.05, 4.69) is 10.6 Å². The summed E-state index contributed by atoms with van der Waals surface area (Å²) in [6, 6.07) is 7.90. The Hall–Kier alpha value is -2.97. The number of aliphatic hydroxyl groups is 1. The molecule has 3 N–H and O–H groups in total. The summed E-state index contributed by atoms with van der Waals surface area (Å²) in [6.07, 6.45) is -9.64. The molecule has 3 rings (SSSR count). The maximum atomic E-state index is 13.7. The predicted molar refractivity (Wildman–Crippen MR) is 108 cm³/mol. The number of alkyl halides is 6. The fraction of sp³-hybridized carbons (Fsp3) is 0.409. The SMILES string of the molecule is N#Cc1ccc(C2C[C@@H](COc3ccc(NCCO)cc3)N[C@H]2C(F)(F)F)cc1C(F)(F)F. The van der Waals surface area contributed by atoms with Gasteiger partial charge in [-0.3, -0.25) is 5.32 Å². The second kappa shape index (κ2) is 9.89. The number of rotatable bonds is 7. The summed E-state index contributed by atoms with van der Waals surface area (Å²) in [4.78, 5) is 0. The molecule has 1 fully saturated rings. The number of hydrogen-bond acceptors (Lipinski definition) is 5. The summed E-state index contributed by atoms with van der Waals surface area (Å²) in [5.74, 6) is -0.853. The minimum absolute atomic E-state index is 0.0448. The van der Waals surface area contributed by atoms with Crippen LogP contribution in [0.4, 0.5) is 32.0 Å². The molecular weight excluding hydrogens is 452 g/mol. The zero-order chi connectivity index (χ0) is 24.2. The van der Waals surface area contributed by atoms with Crippen LogP contribution < -0.4 is 15.4 Å². The Bertz CT molecular complexity index is 986. The first-order valence-electron chi connectivity index (χ1n) is 10.0. The van der Waals surface area contributed by atoms with Gasteiger partial charge in [0.15, 0.2) is 0 Å². The molecule has 1 aliphatic heterocycles. The zero-order valence-electron chi connectivity index (χ0n) is 17.2. The summed E-state index contributed by atoms with van der Waals surface area (Å²) in [7, 11) is 0. The van der Waals surface area contributed by atoms with Gasteiger partial charge in [-0.2, -0.15) is 31.6 Å². The molecule has 0 bridgehead atoms. The number of nitrogens with one attached hydrogen (secondary N) is 2. The molecule has 1 aliphatic rings. The molecule has 0 aliphatic carbocycles. The third-order valence-electron chi connectivity index (χ3n) is 5.35. The Balaban J connectivity index is 1.75. The van der Waals surface area contributed by atoms with Crippen LogP contribution in [-0.4, -0.2) is 43.1 Å². The van der Waals surface area contributed by atoms with E-state index in [1.54, 1.807) is 24.3 Å². The van der Waals surface area contributed by atoms with Crippen molar-refractivity contribution in [1.82, 2.24) is 5.32 Å². The van der Waals surface area contributed by atoms with Crippen LogP contribution in [0.2, 0.25) is 0 Å². The van der Waals surface area contributed by atoms with Crippen molar-refractivity contribution >= 4 is 5.69 Å². The van der Waals surface area contributed by atoms with Gasteiger partial charge in [0.2, 0.25) is 0 Å². The second-order valence-electron chi connectivity index (χ2n) is 7.63. The monoisotopic (exact) mass is 473 g/mol. The van der Waals surface area contributed by atoms with Crippen molar-refractivity contribution in [3.63, 3.8) is 0 Å². The fourth-order valence-electron chi connectivity index (χ4n) is 3.84. The molecule has 0 spiro atoms. The molecular formula is C22H21F6N3O2. The lowest BCUT2D eigenvalue weighted by Crippen LogP contribution is -2.44. The molecule has 178 valence electrons. The van der Waals surface area contributed by atoms with Crippen LogP contribution in [0.3, 0.4) is 0 Å². The van der Waals surface area contributed by atoms with E-state index < -0.39 is 41.5 Å². The zero-order valence-corrected chi connectivity index (χ0v) is 17.2. The third kappa shape index (κ3) is 6.09. The van der Waals surface area contributed by atoms with E-state index in [0.717, 1.165) is 17.8 Å². The maximum Gasteiger partial charge on any atom is 0.417 e. The molecule has 0 aromatic heterocycles. The van der Waals surface area contributed by atoms with Crippen molar-refractivity contribution in [2.45, 2.75) is 36.8 Å². The van der Waals surface area contributed by atoms with Gasteiger partial charge in [0, 0.05) is 24.2 Å². The molecule has 0 amide bonds. The lowest BCUT2D eigenvalue weighted by molar-refractivity contribution is -0.156. The standard InChI is InChI=1S/C22H21F6N3O2/c23-21(24,25)19-9-13(1-2-14(19)11-29)18-10-16(31-20(18)22(26,27)28)12-33-17-5-3-15(4-6-17)30-7-8-32/h1-6,9,16,18,20,30-32H,7-8,10,12H2/t16-,18?,20+/m0/s1. The van der Waals surface area contributed by atoms with Crippen molar-refractivity contribution in [3.05, 3.63) is 59.2 Å². The Morgan fingerprint density at radius 1 is 1.09 bits per heavy atom. The number of aliphatic hydroxyl groups excluding tert-OH is 1. The number of benzene rings is 2. The predicted octanol–water partition coefficient (Wildman–Crippen LogP) is 4.44. The van der Waals surface area contributed by atoms with Crippen LogP contribution in [0.15, 0.2) is 42.5 Å². The van der Waals surface area contributed by atoms with Crippen molar-refractivity contribution in [3.8, 4) is 11.8 Å². The van der Waals surface area contributed by atoms with Crippen molar-refractivity contribution in [1.29, 1.82) is 5.26 Å². The first-order chi connectivity index (χ1) is 15.5. The average molecular weight is 473 g/mol. The summed E-state index contributed by atoms with van der Waals surface area (Å²) in [5.41, 5.74) is -1.30. The number of hydrogen-bond donors (Lipinski definition) is 3. The van der Waals surface area contributed by atoms with Crippen molar-refractivity contribution in [2.24, 2.45) is 0 Å². The lowest BCUT2D eigenvalue weighted by Gasteiger charge is -2.23. The van der Waals surface area contributed by atoms with Gasteiger partial charge in [-0.1, -0.05) is 6.07 Å². The van der Waals surface area contributed by atoms with Crippen LogP contribution >= 0.6 is 0 Å². The first kappa shape index (κ1) is 24.7. The summed E-state index contributed by atoms with van der Waals surface area (Å²) >= 11 is 0. The summed E-state index contributed by atoms with van der Waals surface area (Å²) in [5, 5.41) is 23.1. The van der Waals surface area contributed by atoms with E-state index in [-0.39, 0.29) is 25.2 Å². The highest BCUT2D eigenvalue weighted by Gasteiger charge is 2.51. The molecule has 11 heteroatoms. The molecule has 0 saturated carbocycles. The van der Waals surface area contributed by atoms with Gasteiger partial charge in [-0.15, -0.1) is 0 Å². The van der Waals surface area contributed by atoms with E-state index in [1.165, 1.54) is 6.07 Å². The normalized spacial score (nSPS) is 21.0. The Labute approximate surface area is 186 Å². The largest absolute Gasteiger partial charge is 0.492 e. The third-order valence-corrected chi connectivity index (χ3v) is 5.35. The lowest BCUT2D eigenvalue weighted by atomic mass is 9.88. The molecule has 2 aromatic rings. The van der Waals surface area contributed by atoms with E-state index >= 15 is 0 Å². The van der Waals surface area contributed by atoms with Crippen LogP contribution in [-0.2, 0) is 6.18 Å². The molecule has 1 heterocycles. The van der Waals surface area contributed by atoms with Crippen LogP contribution in [0.5, 0.6) is 5.75 Å². The average Bonchev–Trinajstić information content (AvgIpc) is 3.21. The number of ether oxygens (including phenoxy) is 1. The van der Waals surface area contributed by atoms with Crippen molar-refractivity contribution < 1.29 is 36.2 Å². The van der Waals surface area contributed by atoms with Gasteiger partial charge in [0.25, 0.3) is 0 Å². The number of anilines is 1. The van der Waals surface area contributed by atoms with Crippen molar-refractivity contribution in [2.75, 3.05) is 25.1 Å². The highest BCUT2D eigenvalue weighted by atomic mass is 19.4. The highest BCUT2D eigenvalue weighted by molar-refractivity contribution is 5.46. The number of nitriles is 1. The summed E-state index contributed by atoms with van der Waals surface area (Å²) < 4.78 is 86.4. The minimum Gasteiger partial charge on any atom is -0.492 e. The summed E-state index contributed by atoms with van der Waals surface area (Å²) in [6.45, 7) is 0.198.